The number of esters is 4. The van der Waals surface area contributed by atoms with Gasteiger partial charge in [-0.2, -0.15) is 0 Å². The van der Waals surface area contributed by atoms with E-state index in [2.05, 4.69) is 0 Å². The molecule has 4 N–H and O–H groups in total. The fraction of sp³-hybridized carbons (Fsp3) is 0.871. The van der Waals surface area contributed by atoms with E-state index in [1.165, 1.54) is 83.1 Å². The zero-order chi connectivity index (χ0) is 42.1. The molecule has 1 aliphatic rings. The number of phosphoric acid groups is 2. The molecular weight excluding hydrogens is 770 g/mol. The standard InChI is InChI=1S/C31H56O21P2/c1-28(2,3)24(36)42-14-47-53(40,48-15-43-25(37)29(4,5)6)46-13-18(32)22-20(34)19(33)21(35)23(51-22)52-54(41,49-16-44-26(38)30(7,8)9)50-17-45-27(39)31(10,11)12/h18-23,32-35H,13-17H2,1-12H3/t18-,19+,20+,21+,22-,23+/m1/s1. The van der Waals surface area contributed by atoms with Crippen molar-refractivity contribution in [3.8, 4) is 0 Å². The highest BCUT2D eigenvalue weighted by Crippen LogP contribution is 2.53. The molecule has 0 amide bonds. The van der Waals surface area contributed by atoms with Gasteiger partial charge >= 0.3 is 39.5 Å². The van der Waals surface area contributed by atoms with Crippen LogP contribution in [0.3, 0.4) is 0 Å². The molecule has 0 unspecified atom stereocenters. The Kier molecular flexibility index (Phi) is 18.4. The Morgan fingerprint density at radius 2 is 0.852 bits per heavy atom. The smallest absolute Gasteiger partial charge is 0.437 e. The van der Waals surface area contributed by atoms with Crippen LogP contribution in [0.15, 0.2) is 0 Å². The Morgan fingerprint density at radius 1 is 0.537 bits per heavy atom. The highest BCUT2D eigenvalue weighted by Gasteiger charge is 2.50. The monoisotopic (exact) mass is 826 g/mol. The molecule has 0 aromatic carbocycles. The van der Waals surface area contributed by atoms with E-state index in [-0.39, 0.29) is 0 Å². The van der Waals surface area contributed by atoms with Crippen molar-refractivity contribution in [2.24, 2.45) is 21.7 Å². The van der Waals surface area contributed by atoms with Crippen molar-refractivity contribution in [2.75, 3.05) is 33.8 Å². The Bertz CT molecular complexity index is 1290. The fourth-order valence-corrected chi connectivity index (χ4v) is 5.23. The maximum atomic E-state index is 13.6. The Hall–Kier alpha value is -2.10. The number of ether oxygens (including phenoxy) is 5. The van der Waals surface area contributed by atoms with Gasteiger partial charge in [0, 0.05) is 0 Å². The van der Waals surface area contributed by atoms with Crippen LogP contribution in [0, 0.1) is 21.7 Å². The van der Waals surface area contributed by atoms with Gasteiger partial charge in [-0.05, 0) is 83.1 Å². The molecule has 54 heavy (non-hydrogen) atoms. The summed E-state index contributed by atoms with van der Waals surface area (Å²) in [5.74, 6) is -3.13. The van der Waals surface area contributed by atoms with E-state index >= 15 is 0 Å². The Labute approximate surface area is 314 Å². The predicted octanol–water partition coefficient (Wildman–Crippen LogP) is 2.66. The highest BCUT2D eigenvalue weighted by molar-refractivity contribution is 7.48. The quantitative estimate of drug-likeness (QED) is 0.0668. The third-order valence-corrected chi connectivity index (χ3v) is 9.29. The first-order valence-electron chi connectivity index (χ1n) is 16.5. The van der Waals surface area contributed by atoms with Crippen LogP contribution in [0.25, 0.3) is 0 Å². The van der Waals surface area contributed by atoms with Gasteiger partial charge in [0.2, 0.25) is 27.2 Å². The average molecular weight is 827 g/mol. The lowest BCUT2D eigenvalue weighted by atomic mass is 9.96. The van der Waals surface area contributed by atoms with E-state index in [9.17, 15) is 48.7 Å². The van der Waals surface area contributed by atoms with Crippen LogP contribution in [-0.2, 0) is 79.1 Å². The second-order valence-electron chi connectivity index (χ2n) is 16.0. The van der Waals surface area contributed by atoms with Crippen LogP contribution in [0.4, 0.5) is 0 Å². The lowest BCUT2D eigenvalue weighted by Gasteiger charge is -2.42. The lowest BCUT2D eigenvalue weighted by molar-refractivity contribution is -0.294. The zero-order valence-electron chi connectivity index (χ0n) is 32.6. The van der Waals surface area contributed by atoms with Gasteiger partial charge in [0.1, 0.15) is 30.5 Å². The van der Waals surface area contributed by atoms with E-state index < -0.39 is 132 Å². The molecule has 23 heteroatoms. The zero-order valence-corrected chi connectivity index (χ0v) is 34.4. The number of rotatable bonds is 18. The summed E-state index contributed by atoms with van der Waals surface area (Å²) in [6, 6.07) is 0. The number of aliphatic hydroxyl groups is 4. The minimum Gasteiger partial charge on any atom is -0.437 e. The Balaban J connectivity index is 3.20. The number of phosphoric ester groups is 2. The number of aliphatic hydroxyl groups excluding tert-OH is 4. The SMILES string of the molecule is CC(C)(C)C(=O)OCOP(=O)(OCOC(=O)C(C)(C)C)OC[C@@H](O)[C@H]1O[C@@H](OP(=O)(OCOC(=O)C(C)(C)C)OCOC(=O)C(C)(C)C)[C@@H](O)[C@@H](O)[C@@H]1O. The van der Waals surface area contributed by atoms with Crippen molar-refractivity contribution >= 4 is 39.5 Å². The molecule has 0 bridgehead atoms. The molecule has 1 heterocycles. The minimum atomic E-state index is -5.07. The molecule has 0 aromatic rings. The number of carbonyl (C=O) groups excluding carboxylic acids is 4. The first-order chi connectivity index (χ1) is 24.3. The van der Waals surface area contributed by atoms with Crippen LogP contribution in [-0.4, -0.2) is 115 Å². The molecule has 1 fully saturated rings. The summed E-state index contributed by atoms with van der Waals surface area (Å²) >= 11 is 0. The van der Waals surface area contributed by atoms with E-state index in [1.54, 1.807) is 0 Å². The molecule has 1 rings (SSSR count). The molecule has 21 nitrogen and oxygen atoms in total. The average Bonchev–Trinajstić information content (AvgIpc) is 3.02. The van der Waals surface area contributed by atoms with Gasteiger partial charge < -0.3 is 44.1 Å². The van der Waals surface area contributed by atoms with Crippen LogP contribution in [0.2, 0.25) is 0 Å². The van der Waals surface area contributed by atoms with Gasteiger partial charge in [-0.15, -0.1) is 0 Å². The van der Waals surface area contributed by atoms with E-state index in [4.69, 9.17) is 50.8 Å². The van der Waals surface area contributed by atoms with Gasteiger partial charge in [0.15, 0.2) is 6.29 Å². The third kappa shape index (κ3) is 16.6. The van der Waals surface area contributed by atoms with Gasteiger partial charge in [0.25, 0.3) is 0 Å². The summed E-state index contributed by atoms with van der Waals surface area (Å²) < 4.78 is 82.5. The van der Waals surface area contributed by atoms with E-state index in [0.29, 0.717) is 0 Å². The minimum absolute atomic E-state index is 0.768. The van der Waals surface area contributed by atoms with Crippen LogP contribution in [0.5, 0.6) is 0 Å². The van der Waals surface area contributed by atoms with E-state index in [1.807, 2.05) is 0 Å². The molecule has 0 radical (unpaired) electrons. The number of hydrogen-bond acceptors (Lipinski definition) is 21. The number of carbonyl (C=O) groups is 4. The summed E-state index contributed by atoms with van der Waals surface area (Å²) in [6.45, 7) is 13.1. The molecule has 0 saturated carbocycles. The molecule has 1 saturated heterocycles. The predicted molar refractivity (Wildman–Crippen MR) is 181 cm³/mol. The summed E-state index contributed by atoms with van der Waals surface area (Å²) in [5.41, 5.74) is -4.00. The summed E-state index contributed by atoms with van der Waals surface area (Å²) in [4.78, 5) is 48.7. The lowest BCUT2D eigenvalue weighted by Crippen LogP contribution is -2.61. The van der Waals surface area contributed by atoms with Crippen molar-refractivity contribution in [1.82, 2.24) is 0 Å². The van der Waals surface area contributed by atoms with Crippen LogP contribution < -0.4 is 0 Å². The topological polar surface area (TPSA) is 285 Å². The molecule has 6 atom stereocenters. The first kappa shape index (κ1) is 49.9. The third-order valence-electron chi connectivity index (χ3n) is 6.68. The second kappa shape index (κ2) is 19.9. The maximum absolute atomic E-state index is 13.6. The van der Waals surface area contributed by atoms with E-state index in [0.717, 1.165) is 0 Å². The summed E-state index contributed by atoms with van der Waals surface area (Å²) in [6.07, 6.45) is -12.8. The van der Waals surface area contributed by atoms with Gasteiger partial charge in [-0.1, -0.05) is 0 Å². The molecule has 0 aliphatic carbocycles. The highest BCUT2D eigenvalue weighted by atomic mass is 31.2. The maximum Gasteiger partial charge on any atom is 0.483 e. The normalized spacial score (nSPS) is 22.3. The first-order valence-corrected chi connectivity index (χ1v) is 19.4. The van der Waals surface area contributed by atoms with Crippen molar-refractivity contribution in [2.45, 2.75) is 120 Å². The van der Waals surface area contributed by atoms with Gasteiger partial charge in [0.05, 0.1) is 28.3 Å². The van der Waals surface area contributed by atoms with Crippen molar-refractivity contribution in [3.63, 3.8) is 0 Å². The van der Waals surface area contributed by atoms with Crippen LogP contribution in [0.1, 0.15) is 83.1 Å². The number of hydrogen-bond donors (Lipinski definition) is 4. The molecule has 316 valence electrons. The van der Waals surface area contributed by atoms with Gasteiger partial charge in [-0.25, -0.2) is 27.2 Å². The van der Waals surface area contributed by atoms with Gasteiger partial charge in [-0.3, -0.25) is 28.2 Å². The largest absolute Gasteiger partial charge is 0.483 e. The molecular formula is C31H56O21P2. The fourth-order valence-electron chi connectivity index (χ4n) is 3.32. The molecule has 0 spiro atoms. The van der Waals surface area contributed by atoms with Crippen LogP contribution >= 0.6 is 15.6 Å². The van der Waals surface area contributed by atoms with Crippen molar-refractivity contribution in [3.05, 3.63) is 0 Å². The van der Waals surface area contributed by atoms with Crippen molar-refractivity contribution in [1.29, 1.82) is 0 Å². The Morgan fingerprint density at radius 3 is 1.17 bits per heavy atom. The molecule has 0 aromatic heterocycles. The summed E-state index contributed by atoms with van der Waals surface area (Å²) in [7, 11) is -9.93. The summed E-state index contributed by atoms with van der Waals surface area (Å²) in [5, 5.41) is 42.8. The molecule has 1 aliphatic heterocycles. The second-order valence-corrected chi connectivity index (χ2v) is 19.3. The van der Waals surface area contributed by atoms with Crippen molar-refractivity contribution < 1.29 is 99.6 Å².